The van der Waals surface area contributed by atoms with E-state index < -0.39 is 23.6 Å². The molecular formula is C10H13IN2O4. The van der Waals surface area contributed by atoms with E-state index in [1.165, 1.54) is 10.8 Å². The Morgan fingerprint density at radius 3 is 2.94 bits per heavy atom. The Hall–Kier alpha value is -0.670. The second kappa shape index (κ2) is 4.91. The predicted molar refractivity (Wildman–Crippen MR) is 69.5 cm³/mol. The molecule has 2 heterocycles. The number of aliphatic hydroxyl groups is 1. The number of ether oxygens (including phenoxy) is 1. The van der Waals surface area contributed by atoms with Crippen LogP contribution in [-0.4, -0.2) is 31.3 Å². The van der Waals surface area contributed by atoms with Crippen molar-refractivity contribution in [2.75, 3.05) is 4.43 Å². The Bertz CT molecular complexity index is 524. The maximum atomic E-state index is 11.6. The average molecular weight is 352 g/mol. The molecule has 6 nitrogen and oxygen atoms in total. The second-order valence-electron chi connectivity index (χ2n) is 4.07. The molecule has 94 valence electrons. The number of nitrogens with one attached hydrogen (secondary N) is 1. The lowest BCUT2D eigenvalue weighted by atomic mass is 10.2. The minimum absolute atomic E-state index is 0.264. The number of aromatic nitrogens is 2. The fourth-order valence-electron chi connectivity index (χ4n) is 1.82. The van der Waals surface area contributed by atoms with Crippen molar-refractivity contribution in [3.63, 3.8) is 0 Å². The summed E-state index contributed by atoms with van der Waals surface area (Å²) in [7, 11) is 0. The summed E-state index contributed by atoms with van der Waals surface area (Å²) in [6.07, 6.45) is 0.483. The topological polar surface area (TPSA) is 84.3 Å². The molecular weight excluding hydrogens is 339 g/mol. The van der Waals surface area contributed by atoms with Crippen molar-refractivity contribution in [1.82, 2.24) is 9.55 Å². The molecule has 1 saturated heterocycles. The van der Waals surface area contributed by atoms with E-state index in [1.54, 1.807) is 6.92 Å². The monoisotopic (exact) mass is 352 g/mol. The lowest BCUT2D eigenvalue weighted by Gasteiger charge is -2.14. The summed E-state index contributed by atoms with van der Waals surface area (Å²) in [4.78, 5) is 25.1. The fourth-order valence-corrected chi connectivity index (χ4v) is 2.62. The van der Waals surface area contributed by atoms with Gasteiger partial charge in [0, 0.05) is 22.6 Å². The minimum atomic E-state index is -0.573. The van der Waals surface area contributed by atoms with Crippen molar-refractivity contribution < 1.29 is 9.84 Å². The van der Waals surface area contributed by atoms with Crippen molar-refractivity contribution in [2.24, 2.45) is 0 Å². The Labute approximate surface area is 111 Å². The molecule has 0 aliphatic carbocycles. The van der Waals surface area contributed by atoms with Crippen molar-refractivity contribution in [2.45, 2.75) is 31.8 Å². The molecule has 0 radical (unpaired) electrons. The van der Waals surface area contributed by atoms with Crippen molar-refractivity contribution in [3.8, 4) is 0 Å². The third-order valence-corrected chi connectivity index (χ3v) is 3.68. The van der Waals surface area contributed by atoms with Crippen LogP contribution in [0.3, 0.4) is 0 Å². The standard InChI is InChI=1S/C10H13IN2O4/c1-5-4-13(10(16)12-9(5)15)8-2-6(14)7(3-11)17-8/h4,6-8,14H,2-3H2,1H3,(H,12,15,16)/t6-,7-,8?/m1/s1. The molecule has 0 saturated carbocycles. The first-order chi connectivity index (χ1) is 8.02. The summed E-state index contributed by atoms with van der Waals surface area (Å²) in [6, 6.07) is 0. The molecule has 2 rings (SSSR count). The maximum Gasteiger partial charge on any atom is 0.330 e. The summed E-state index contributed by atoms with van der Waals surface area (Å²) in [5, 5.41) is 9.72. The van der Waals surface area contributed by atoms with Crippen molar-refractivity contribution in [3.05, 3.63) is 32.6 Å². The van der Waals surface area contributed by atoms with E-state index in [1.807, 2.05) is 0 Å². The van der Waals surface area contributed by atoms with Crippen LogP contribution in [-0.2, 0) is 4.74 Å². The molecule has 1 unspecified atom stereocenters. The fraction of sp³-hybridized carbons (Fsp3) is 0.600. The summed E-state index contributed by atoms with van der Waals surface area (Å²) < 4.78 is 7.55. The number of H-pyrrole nitrogens is 1. The van der Waals surface area contributed by atoms with E-state index in [0.717, 1.165) is 0 Å². The number of aryl methyl sites for hydroxylation is 1. The number of nitrogens with zero attached hydrogens (tertiary/aromatic N) is 1. The van der Waals surface area contributed by atoms with Gasteiger partial charge in [0.2, 0.25) is 0 Å². The first-order valence-electron chi connectivity index (χ1n) is 5.24. The van der Waals surface area contributed by atoms with Gasteiger partial charge in [0.25, 0.3) is 5.56 Å². The second-order valence-corrected chi connectivity index (χ2v) is 4.95. The largest absolute Gasteiger partial charge is 0.390 e. The number of alkyl halides is 1. The summed E-state index contributed by atoms with van der Waals surface area (Å²) >= 11 is 2.12. The average Bonchev–Trinajstić information content (AvgIpc) is 2.65. The molecule has 7 heteroatoms. The molecule has 3 atom stereocenters. The van der Waals surface area contributed by atoms with Crippen LogP contribution in [0, 0.1) is 6.92 Å². The van der Waals surface area contributed by atoms with Gasteiger partial charge in [-0.3, -0.25) is 14.3 Å². The molecule has 1 aliphatic heterocycles. The van der Waals surface area contributed by atoms with E-state index in [0.29, 0.717) is 16.4 Å². The van der Waals surface area contributed by atoms with Crippen molar-refractivity contribution in [1.29, 1.82) is 0 Å². The normalized spacial score (nSPS) is 28.5. The van der Waals surface area contributed by atoms with Crippen LogP contribution < -0.4 is 11.2 Å². The van der Waals surface area contributed by atoms with Crippen LogP contribution in [0.25, 0.3) is 0 Å². The quantitative estimate of drug-likeness (QED) is 0.577. The summed E-state index contributed by atoms with van der Waals surface area (Å²) in [5.41, 5.74) is -0.456. The lowest BCUT2D eigenvalue weighted by molar-refractivity contribution is -0.00618. The minimum Gasteiger partial charge on any atom is -0.390 e. The SMILES string of the molecule is Cc1cn(C2C[C@@H](O)[C@@H](CI)O2)c(=O)[nH]c1=O. The van der Waals surface area contributed by atoms with E-state index in [2.05, 4.69) is 27.6 Å². The first kappa shape index (κ1) is 12.8. The molecule has 0 bridgehead atoms. The van der Waals surface area contributed by atoms with E-state index >= 15 is 0 Å². The van der Waals surface area contributed by atoms with E-state index in [-0.39, 0.29) is 6.10 Å². The predicted octanol–water partition coefficient (Wildman–Crippen LogP) is -0.0716. The van der Waals surface area contributed by atoms with Gasteiger partial charge in [-0.25, -0.2) is 4.79 Å². The third kappa shape index (κ3) is 2.45. The number of aromatic amines is 1. The third-order valence-electron chi connectivity index (χ3n) is 2.81. The molecule has 2 N–H and O–H groups in total. The lowest BCUT2D eigenvalue weighted by Crippen LogP contribution is -2.33. The zero-order chi connectivity index (χ0) is 12.6. The highest BCUT2D eigenvalue weighted by Crippen LogP contribution is 2.28. The van der Waals surface area contributed by atoms with Gasteiger partial charge in [-0.1, -0.05) is 22.6 Å². The molecule has 1 aliphatic rings. The highest BCUT2D eigenvalue weighted by molar-refractivity contribution is 14.1. The number of hydrogen-bond donors (Lipinski definition) is 2. The Morgan fingerprint density at radius 2 is 2.35 bits per heavy atom. The van der Waals surface area contributed by atoms with Crippen LogP contribution in [0.15, 0.2) is 15.8 Å². The van der Waals surface area contributed by atoms with Crippen molar-refractivity contribution >= 4 is 22.6 Å². The van der Waals surface area contributed by atoms with Crippen LogP contribution in [0.5, 0.6) is 0 Å². The summed E-state index contributed by atoms with van der Waals surface area (Å²) in [5.74, 6) is 0. The first-order valence-corrected chi connectivity index (χ1v) is 6.77. The van der Waals surface area contributed by atoms with Crippen LogP contribution in [0.4, 0.5) is 0 Å². The molecule has 0 amide bonds. The van der Waals surface area contributed by atoms with Gasteiger partial charge in [0.15, 0.2) is 0 Å². The highest BCUT2D eigenvalue weighted by Gasteiger charge is 2.34. The van der Waals surface area contributed by atoms with Gasteiger partial charge in [0.05, 0.1) is 12.2 Å². The highest BCUT2D eigenvalue weighted by atomic mass is 127. The molecule has 17 heavy (non-hydrogen) atoms. The Morgan fingerprint density at radius 1 is 1.65 bits per heavy atom. The maximum absolute atomic E-state index is 11.6. The number of aliphatic hydroxyl groups excluding tert-OH is 1. The number of hydrogen-bond acceptors (Lipinski definition) is 4. The molecule has 0 aromatic carbocycles. The van der Waals surface area contributed by atoms with Gasteiger partial charge < -0.3 is 9.84 Å². The van der Waals surface area contributed by atoms with Crippen LogP contribution in [0.1, 0.15) is 18.2 Å². The summed E-state index contributed by atoms with van der Waals surface area (Å²) in [6.45, 7) is 1.62. The Kier molecular flexibility index (Phi) is 3.69. The molecule has 0 spiro atoms. The number of halogens is 1. The smallest absolute Gasteiger partial charge is 0.330 e. The molecule has 1 aromatic heterocycles. The van der Waals surface area contributed by atoms with Crippen LogP contribution >= 0.6 is 22.6 Å². The van der Waals surface area contributed by atoms with Gasteiger partial charge in [-0.2, -0.15) is 0 Å². The Balaban J connectivity index is 2.34. The van der Waals surface area contributed by atoms with Crippen LogP contribution in [0.2, 0.25) is 0 Å². The van der Waals surface area contributed by atoms with Gasteiger partial charge >= 0.3 is 5.69 Å². The van der Waals surface area contributed by atoms with E-state index in [4.69, 9.17) is 4.74 Å². The molecule has 1 fully saturated rings. The number of rotatable bonds is 2. The zero-order valence-corrected chi connectivity index (χ0v) is 11.4. The zero-order valence-electron chi connectivity index (χ0n) is 9.22. The molecule has 1 aromatic rings. The van der Waals surface area contributed by atoms with Gasteiger partial charge in [-0.15, -0.1) is 0 Å². The van der Waals surface area contributed by atoms with Gasteiger partial charge in [0.1, 0.15) is 6.23 Å². The van der Waals surface area contributed by atoms with Gasteiger partial charge in [-0.05, 0) is 6.92 Å². The van der Waals surface area contributed by atoms with E-state index in [9.17, 15) is 14.7 Å².